The number of ketones is 1. The molecule has 104 valence electrons. The van der Waals surface area contributed by atoms with Crippen LogP contribution in [-0.4, -0.2) is 30.3 Å². The van der Waals surface area contributed by atoms with Crippen LogP contribution in [0.1, 0.15) is 58.8 Å². The Morgan fingerprint density at radius 1 is 1.06 bits per heavy atom. The molecule has 0 aromatic carbocycles. The van der Waals surface area contributed by atoms with Gasteiger partial charge in [0.15, 0.2) is 5.78 Å². The fourth-order valence-electron chi connectivity index (χ4n) is 4.04. The quantitative estimate of drug-likeness (QED) is 0.765. The predicted molar refractivity (Wildman–Crippen MR) is 75.6 cm³/mol. The van der Waals surface area contributed by atoms with Crippen molar-refractivity contribution in [3.63, 3.8) is 0 Å². The van der Waals surface area contributed by atoms with E-state index in [2.05, 4.69) is 32.8 Å². The van der Waals surface area contributed by atoms with E-state index in [1.807, 2.05) is 0 Å². The van der Waals surface area contributed by atoms with E-state index in [0.29, 0.717) is 17.6 Å². The molecule has 2 nitrogen and oxygen atoms in total. The van der Waals surface area contributed by atoms with E-state index >= 15 is 0 Å². The summed E-state index contributed by atoms with van der Waals surface area (Å²) in [5, 5.41) is 0. The van der Waals surface area contributed by atoms with Crippen molar-refractivity contribution < 1.29 is 4.79 Å². The summed E-state index contributed by atoms with van der Waals surface area (Å²) in [5.41, 5.74) is -0.120. The van der Waals surface area contributed by atoms with Crippen molar-refractivity contribution in [1.29, 1.82) is 0 Å². The molecule has 0 amide bonds. The van der Waals surface area contributed by atoms with Gasteiger partial charge in [-0.3, -0.25) is 9.69 Å². The summed E-state index contributed by atoms with van der Waals surface area (Å²) in [6, 6.07) is 0. The average Bonchev–Trinajstić information content (AvgIpc) is 2.82. The maximum Gasteiger partial charge on any atom is 0.156 e. The third-order valence-electron chi connectivity index (χ3n) is 5.71. The largest absolute Gasteiger partial charge is 0.297 e. The molecule has 0 aromatic rings. The first-order valence-electron chi connectivity index (χ1n) is 7.69. The zero-order valence-electron chi connectivity index (χ0n) is 12.5. The highest BCUT2D eigenvalue weighted by molar-refractivity contribution is 5.90. The van der Waals surface area contributed by atoms with Crippen LogP contribution in [0.4, 0.5) is 0 Å². The first-order valence-corrected chi connectivity index (χ1v) is 7.69. The maximum absolute atomic E-state index is 13.0. The Labute approximate surface area is 112 Å². The molecule has 0 aliphatic heterocycles. The summed E-state index contributed by atoms with van der Waals surface area (Å²) in [7, 11) is 4.19. The van der Waals surface area contributed by atoms with Crippen LogP contribution in [0.25, 0.3) is 0 Å². The fourth-order valence-corrected chi connectivity index (χ4v) is 4.04. The van der Waals surface area contributed by atoms with Gasteiger partial charge in [0.1, 0.15) is 0 Å². The van der Waals surface area contributed by atoms with Gasteiger partial charge in [-0.15, -0.1) is 0 Å². The number of carbonyl (C=O) groups excluding carboxylic acids is 1. The monoisotopic (exact) mass is 251 g/mol. The van der Waals surface area contributed by atoms with Crippen molar-refractivity contribution in [2.45, 2.75) is 64.3 Å². The highest BCUT2D eigenvalue weighted by Crippen LogP contribution is 2.41. The summed E-state index contributed by atoms with van der Waals surface area (Å²) in [4.78, 5) is 15.2. The molecule has 0 radical (unpaired) electrons. The van der Waals surface area contributed by atoms with Crippen LogP contribution in [0.5, 0.6) is 0 Å². The van der Waals surface area contributed by atoms with Crippen LogP contribution >= 0.6 is 0 Å². The number of nitrogens with zero attached hydrogens (tertiary/aromatic N) is 1. The van der Waals surface area contributed by atoms with Crippen LogP contribution in [-0.2, 0) is 4.79 Å². The van der Waals surface area contributed by atoms with Crippen LogP contribution in [0.2, 0.25) is 0 Å². The van der Waals surface area contributed by atoms with Gasteiger partial charge in [0, 0.05) is 5.92 Å². The third kappa shape index (κ3) is 2.36. The Balaban J connectivity index is 2.10. The molecule has 0 aromatic heterocycles. The Bertz CT molecular complexity index is 304. The molecule has 2 aliphatic rings. The van der Waals surface area contributed by atoms with Gasteiger partial charge in [0.05, 0.1) is 5.54 Å². The molecule has 0 N–H and O–H groups in total. The maximum atomic E-state index is 13.0. The highest BCUT2D eigenvalue weighted by atomic mass is 16.1. The van der Waals surface area contributed by atoms with E-state index in [-0.39, 0.29) is 5.54 Å². The molecule has 2 heteroatoms. The van der Waals surface area contributed by atoms with E-state index in [0.717, 1.165) is 31.6 Å². The molecule has 18 heavy (non-hydrogen) atoms. The van der Waals surface area contributed by atoms with Crippen LogP contribution in [0.15, 0.2) is 0 Å². The minimum atomic E-state index is -0.120. The van der Waals surface area contributed by atoms with E-state index in [1.165, 1.54) is 19.3 Å². The fraction of sp³-hybridized carbons (Fsp3) is 0.938. The molecule has 2 saturated carbocycles. The number of hydrogen-bond donors (Lipinski definition) is 0. The van der Waals surface area contributed by atoms with E-state index < -0.39 is 0 Å². The van der Waals surface area contributed by atoms with Gasteiger partial charge in [0.2, 0.25) is 0 Å². The Kier molecular flexibility index (Phi) is 4.15. The summed E-state index contributed by atoms with van der Waals surface area (Å²) < 4.78 is 0. The van der Waals surface area contributed by atoms with Crippen molar-refractivity contribution in [3.05, 3.63) is 0 Å². The number of Topliss-reactive ketones (excluding diaryl/α,β-unsaturated/α-hetero) is 1. The average molecular weight is 251 g/mol. The highest BCUT2D eigenvalue weighted by Gasteiger charge is 2.46. The van der Waals surface area contributed by atoms with Crippen LogP contribution in [0, 0.1) is 17.8 Å². The van der Waals surface area contributed by atoms with Crippen molar-refractivity contribution in [2.24, 2.45) is 17.8 Å². The first-order chi connectivity index (χ1) is 8.47. The number of carbonyl (C=O) groups is 1. The Morgan fingerprint density at radius 3 is 2.17 bits per heavy atom. The lowest BCUT2D eigenvalue weighted by molar-refractivity contribution is -0.135. The standard InChI is InChI=1S/C16H29NO/c1-12-7-8-14(11-13(12)2)15(18)16(17(3)4)9-5-6-10-16/h12-14H,5-11H2,1-4H3. The minimum absolute atomic E-state index is 0.120. The zero-order valence-corrected chi connectivity index (χ0v) is 12.5. The summed E-state index contributed by atoms with van der Waals surface area (Å²) in [6.07, 6.45) is 8.10. The smallest absolute Gasteiger partial charge is 0.156 e. The summed E-state index contributed by atoms with van der Waals surface area (Å²) >= 11 is 0. The topological polar surface area (TPSA) is 20.3 Å². The van der Waals surface area contributed by atoms with Crippen molar-refractivity contribution >= 4 is 5.78 Å². The molecule has 0 bridgehead atoms. The first kappa shape index (κ1) is 14.0. The zero-order chi connectivity index (χ0) is 13.3. The predicted octanol–water partition coefficient (Wildman–Crippen LogP) is 3.50. The Hall–Kier alpha value is -0.370. The normalized spacial score (nSPS) is 35.9. The van der Waals surface area contributed by atoms with Gasteiger partial charge in [-0.25, -0.2) is 0 Å². The van der Waals surface area contributed by atoms with Gasteiger partial charge in [-0.1, -0.05) is 26.7 Å². The molecule has 0 saturated heterocycles. The van der Waals surface area contributed by atoms with Gasteiger partial charge in [0.25, 0.3) is 0 Å². The number of hydrogen-bond acceptors (Lipinski definition) is 2. The molecular formula is C16H29NO. The van der Waals surface area contributed by atoms with E-state index in [4.69, 9.17) is 0 Å². The van der Waals surface area contributed by atoms with Crippen molar-refractivity contribution in [2.75, 3.05) is 14.1 Å². The second-order valence-electron chi connectivity index (χ2n) is 6.96. The second kappa shape index (κ2) is 5.32. The number of likely N-dealkylation sites (N-methyl/N-ethyl adjacent to an activating group) is 1. The molecule has 0 heterocycles. The van der Waals surface area contributed by atoms with Gasteiger partial charge < -0.3 is 0 Å². The number of rotatable bonds is 3. The molecule has 2 fully saturated rings. The van der Waals surface area contributed by atoms with Gasteiger partial charge >= 0.3 is 0 Å². The molecule has 3 atom stereocenters. The van der Waals surface area contributed by atoms with Crippen molar-refractivity contribution in [1.82, 2.24) is 4.90 Å². The molecular weight excluding hydrogens is 222 g/mol. The minimum Gasteiger partial charge on any atom is -0.297 e. The molecule has 0 spiro atoms. The van der Waals surface area contributed by atoms with E-state index in [1.54, 1.807) is 0 Å². The van der Waals surface area contributed by atoms with Crippen LogP contribution < -0.4 is 0 Å². The van der Waals surface area contributed by atoms with Crippen LogP contribution in [0.3, 0.4) is 0 Å². The summed E-state index contributed by atoms with van der Waals surface area (Å²) in [6.45, 7) is 4.66. The van der Waals surface area contributed by atoms with Crippen molar-refractivity contribution in [3.8, 4) is 0 Å². The lowest BCUT2D eigenvalue weighted by atomic mass is 9.70. The second-order valence-corrected chi connectivity index (χ2v) is 6.96. The molecule has 2 rings (SSSR count). The lowest BCUT2D eigenvalue weighted by Gasteiger charge is -2.40. The third-order valence-corrected chi connectivity index (χ3v) is 5.71. The van der Waals surface area contributed by atoms with E-state index in [9.17, 15) is 4.79 Å². The SMILES string of the molecule is CC1CCC(C(=O)C2(N(C)C)CCCC2)CC1C. The van der Waals surface area contributed by atoms with Gasteiger partial charge in [-0.2, -0.15) is 0 Å². The van der Waals surface area contributed by atoms with Gasteiger partial charge in [-0.05, 0) is 58.0 Å². The Morgan fingerprint density at radius 2 is 1.67 bits per heavy atom. The molecule has 3 unspecified atom stereocenters. The summed E-state index contributed by atoms with van der Waals surface area (Å²) in [5.74, 6) is 2.40. The molecule has 2 aliphatic carbocycles. The lowest BCUT2D eigenvalue weighted by Crippen LogP contribution is -2.52.